The Morgan fingerprint density at radius 3 is 2.46 bits per heavy atom. The first-order valence-corrected chi connectivity index (χ1v) is 13.7. The Labute approximate surface area is 206 Å². The number of aromatic nitrogens is 2. The summed E-state index contributed by atoms with van der Waals surface area (Å²) in [5.74, 6) is 0.0521. The van der Waals surface area contributed by atoms with Gasteiger partial charge in [-0.05, 0) is 42.9 Å². The predicted octanol–water partition coefficient (Wildman–Crippen LogP) is 4.15. The summed E-state index contributed by atoms with van der Waals surface area (Å²) in [6, 6.07) is 14.1. The van der Waals surface area contributed by atoms with E-state index in [9.17, 15) is 18.0 Å². The molecule has 184 valence electrons. The number of rotatable bonds is 10. The smallest absolute Gasteiger partial charge is 0.264 e. The lowest BCUT2D eigenvalue weighted by atomic mass is 9.99. The lowest BCUT2D eigenvalue weighted by Crippen LogP contribution is -2.32. The van der Waals surface area contributed by atoms with Gasteiger partial charge in [-0.2, -0.15) is 0 Å². The highest BCUT2D eigenvalue weighted by atomic mass is 32.2. The monoisotopic (exact) mass is 493 g/mol. The van der Waals surface area contributed by atoms with Crippen LogP contribution in [0.3, 0.4) is 0 Å². The molecule has 0 spiro atoms. The van der Waals surface area contributed by atoms with E-state index in [0.29, 0.717) is 35.4 Å². The normalized spacial score (nSPS) is 13.5. The highest BCUT2D eigenvalue weighted by Gasteiger charge is 2.33. The highest BCUT2D eigenvalue weighted by Crippen LogP contribution is 2.31. The van der Waals surface area contributed by atoms with Crippen LogP contribution in [0.5, 0.6) is 0 Å². The van der Waals surface area contributed by atoms with E-state index >= 15 is 0 Å². The average Bonchev–Trinajstić information content (AvgIpc) is 3.70. The first-order valence-electron chi connectivity index (χ1n) is 12.2. The van der Waals surface area contributed by atoms with Crippen LogP contribution in [0.4, 0.5) is 0 Å². The Hall–Kier alpha value is -3.26. The Morgan fingerprint density at radius 1 is 1.09 bits per heavy atom. The molecule has 1 amide bonds. The fourth-order valence-corrected chi connectivity index (χ4v) is 5.33. The van der Waals surface area contributed by atoms with Gasteiger partial charge in [0.15, 0.2) is 0 Å². The Bertz CT molecular complexity index is 1370. The number of nitrogens with zero attached hydrogens (tertiary/aromatic N) is 1. The van der Waals surface area contributed by atoms with Gasteiger partial charge in [0.05, 0.1) is 10.6 Å². The van der Waals surface area contributed by atoms with Crippen molar-refractivity contribution in [3.05, 3.63) is 81.5 Å². The van der Waals surface area contributed by atoms with Gasteiger partial charge in [0, 0.05) is 29.9 Å². The Morgan fingerprint density at radius 2 is 1.80 bits per heavy atom. The van der Waals surface area contributed by atoms with E-state index in [0.717, 1.165) is 43.4 Å². The van der Waals surface area contributed by atoms with Crippen LogP contribution in [0.15, 0.2) is 58.2 Å². The van der Waals surface area contributed by atoms with Gasteiger partial charge in [-0.3, -0.25) is 9.59 Å². The molecule has 1 saturated carbocycles. The number of carbonyl (C=O) groups excluding carboxylic acids is 1. The molecule has 0 radical (unpaired) electrons. The zero-order valence-corrected chi connectivity index (χ0v) is 21.0. The van der Waals surface area contributed by atoms with Crippen LogP contribution in [0.2, 0.25) is 0 Å². The van der Waals surface area contributed by atoms with Crippen LogP contribution < -0.4 is 10.3 Å². The molecule has 0 aliphatic heterocycles. The molecule has 0 unspecified atom stereocenters. The van der Waals surface area contributed by atoms with Crippen LogP contribution in [-0.2, 0) is 34.1 Å². The number of aryl methyl sites for hydroxylation is 2. The van der Waals surface area contributed by atoms with Crippen LogP contribution in [0.25, 0.3) is 11.1 Å². The first-order chi connectivity index (χ1) is 16.8. The molecule has 8 heteroatoms. The fraction of sp³-hybridized carbons (Fsp3) is 0.370. The molecule has 0 atom stereocenters. The second-order valence-electron chi connectivity index (χ2n) is 9.01. The van der Waals surface area contributed by atoms with E-state index in [1.54, 1.807) is 18.2 Å². The molecule has 1 aliphatic rings. The van der Waals surface area contributed by atoms with Crippen LogP contribution >= 0.6 is 0 Å². The Balaban J connectivity index is 1.60. The molecular formula is C27H31N3O4S. The van der Waals surface area contributed by atoms with Gasteiger partial charge < -0.3 is 4.98 Å². The van der Waals surface area contributed by atoms with Crippen molar-refractivity contribution in [2.75, 3.05) is 0 Å². The van der Waals surface area contributed by atoms with Gasteiger partial charge in [0.25, 0.3) is 15.6 Å². The number of carbonyl (C=O) groups is 1. The number of aromatic amines is 1. The van der Waals surface area contributed by atoms with Crippen molar-refractivity contribution in [2.24, 2.45) is 5.92 Å². The zero-order chi connectivity index (χ0) is 25.0. The van der Waals surface area contributed by atoms with Gasteiger partial charge >= 0.3 is 0 Å². The molecule has 2 N–H and O–H groups in total. The predicted molar refractivity (Wildman–Crippen MR) is 136 cm³/mol. The minimum absolute atomic E-state index is 0.0689. The molecule has 4 rings (SSSR count). The van der Waals surface area contributed by atoms with Gasteiger partial charge in [0.2, 0.25) is 5.91 Å². The molecule has 1 fully saturated rings. The van der Waals surface area contributed by atoms with Gasteiger partial charge in [-0.15, -0.1) is 0 Å². The number of benzene rings is 2. The molecule has 0 saturated heterocycles. The van der Waals surface area contributed by atoms with E-state index in [1.807, 2.05) is 31.2 Å². The number of nitrogens with one attached hydrogen (secondary N) is 2. The van der Waals surface area contributed by atoms with Crippen molar-refractivity contribution in [1.29, 1.82) is 0 Å². The molecule has 1 aliphatic carbocycles. The van der Waals surface area contributed by atoms with Crippen LogP contribution in [0, 0.1) is 5.92 Å². The second-order valence-corrected chi connectivity index (χ2v) is 10.7. The zero-order valence-electron chi connectivity index (χ0n) is 20.1. The lowest BCUT2D eigenvalue weighted by molar-refractivity contribution is -0.120. The summed E-state index contributed by atoms with van der Waals surface area (Å²) in [7, 11) is -3.98. The maximum Gasteiger partial charge on any atom is 0.264 e. The summed E-state index contributed by atoms with van der Waals surface area (Å²) in [4.78, 5) is 32.5. The van der Waals surface area contributed by atoms with E-state index < -0.39 is 15.9 Å². The lowest BCUT2D eigenvalue weighted by Gasteiger charge is -2.13. The molecule has 0 bridgehead atoms. The standard InChI is InChI=1S/C27H31N3O4S/c1-3-5-9-23-22(27(32)29-25(4-2)28-23)17-18-11-13-19(14-12-18)21-8-6-7-10-24(21)35(33,34)30-26(31)20-15-16-20/h6-8,10-14,20H,3-5,9,15-17H2,1-2H3,(H,30,31)(H,28,29,32). The molecule has 2 aromatic carbocycles. The molecule has 1 aromatic heterocycles. The van der Waals surface area contributed by atoms with Gasteiger partial charge in [0.1, 0.15) is 5.82 Å². The third kappa shape index (κ3) is 5.88. The third-order valence-electron chi connectivity index (χ3n) is 6.26. The first kappa shape index (κ1) is 24.9. The van der Waals surface area contributed by atoms with Gasteiger partial charge in [-0.1, -0.05) is 62.7 Å². The van der Waals surface area contributed by atoms with E-state index in [2.05, 4.69) is 21.6 Å². The van der Waals surface area contributed by atoms with E-state index in [-0.39, 0.29) is 16.4 Å². The fourth-order valence-electron chi connectivity index (χ4n) is 4.06. The van der Waals surface area contributed by atoms with Crippen molar-refractivity contribution in [1.82, 2.24) is 14.7 Å². The highest BCUT2D eigenvalue weighted by molar-refractivity contribution is 7.90. The van der Waals surface area contributed by atoms with Crippen molar-refractivity contribution < 1.29 is 13.2 Å². The van der Waals surface area contributed by atoms with E-state index in [4.69, 9.17) is 0 Å². The van der Waals surface area contributed by atoms with Crippen molar-refractivity contribution >= 4 is 15.9 Å². The maximum absolute atomic E-state index is 12.9. The summed E-state index contributed by atoms with van der Waals surface area (Å²) >= 11 is 0. The summed E-state index contributed by atoms with van der Waals surface area (Å²) in [5.41, 5.74) is 3.59. The number of sulfonamides is 1. The summed E-state index contributed by atoms with van der Waals surface area (Å²) in [6.45, 7) is 4.08. The number of unbranched alkanes of at least 4 members (excludes halogenated alkanes) is 1. The third-order valence-corrected chi connectivity index (χ3v) is 7.66. The summed E-state index contributed by atoms with van der Waals surface area (Å²) < 4.78 is 28.0. The van der Waals surface area contributed by atoms with Crippen molar-refractivity contribution in [3.63, 3.8) is 0 Å². The number of hydrogen-bond donors (Lipinski definition) is 2. The topological polar surface area (TPSA) is 109 Å². The quantitative estimate of drug-likeness (QED) is 0.441. The minimum atomic E-state index is -3.98. The summed E-state index contributed by atoms with van der Waals surface area (Å²) in [5, 5.41) is 0. The number of H-pyrrole nitrogens is 1. The van der Waals surface area contributed by atoms with E-state index in [1.165, 1.54) is 6.07 Å². The summed E-state index contributed by atoms with van der Waals surface area (Å²) in [6.07, 6.45) is 5.32. The maximum atomic E-state index is 12.9. The number of hydrogen-bond acceptors (Lipinski definition) is 5. The number of amides is 1. The molecule has 35 heavy (non-hydrogen) atoms. The largest absolute Gasteiger partial charge is 0.310 e. The SMILES string of the molecule is CCCCc1nc(CC)[nH]c(=O)c1Cc1ccc(-c2ccccc2S(=O)(=O)NC(=O)C2CC2)cc1. The second kappa shape index (κ2) is 10.6. The molecule has 3 aromatic rings. The van der Waals surface area contributed by atoms with Gasteiger partial charge in [-0.25, -0.2) is 18.1 Å². The molecular weight excluding hydrogens is 462 g/mol. The van der Waals surface area contributed by atoms with Crippen LogP contribution in [-0.4, -0.2) is 24.3 Å². The molecule has 1 heterocycles. The van der Waals surface area contributed by atoms with Crippen LogP contribution in [0.1, 0.15) is 62.2 Å². The van der Waals surface area contributed by atoms with Crippen molar-refractivity contribution in [3.8, 4) is 11.1 Å². The average molecular weight is 494 g/mol. The Kier molecular flexibility index (Phi) is 7.50. The minimum Gasteiger partial charge on any atom is -0.310 e. The molecule has 7 nitrogen and oxygen atoms in total. The van der Waals surface area contributed by atoms with Crippen molar-refractivity contribution in [2.45, 2.75) is 63.7 Å².